The van der Waals surface area contributed by atoms with E-state index in [0.717, 1.165) is 36.0 Å². The molecule has 1 aliphatic carbocycles. The van der Waals surface area contributed by atoms with Crippen molar-refractivity contribution in [3.63, 3.8) is 0 Å². The van der Waals surface area contributed by atoms with Crippen molar-refractivity contribution in [2.75, 3.05) is 6.54 Å². The molecule has 1 amide bonds. The van der Waals surface area contributed by atoms with E-state index in [0.29, 0.717) is 23.9 Å². The van der Waals surface area contributed by atoms with E-state index in [1.54, 1.807) is 18.5 Å². The molecule has 2 aromatic heterocycles. The molecule has 0 bridgehead atoms. The number of pyridine rings is 1. The highest BCUT2D eigenvalue weighted by molar-refractivity contribution is 9.10. The second kappa shape index (κ2) is 5.46. The van der Waals surface area contributed by atoms with Crippen molar-refractivity contribution >= 4 is 21.8 Å². The van der Waals surface area contributed by atoms with Gasteiger partial charge in [-0.15, -0.1) is 0 Å². The van der Waals surface area contributed by atoms with Gasteiger partial charge in [0.25, 0.3) is 5.91 Å². The van der Waals surface area contributed by atoms with Crippen molar-refractivity contribution < 1.29 is 9.32 Å². The predicted molar refractivity (Wildman–Crippen MR) is 81.2 cm³/mol. The van der Waals surface area contributed by atoms with E-state index in [-0.39, 0.29) is 11.9 Å². The zero-order valence-electron chi connectivity index (χ0n) is 11.9. The number of rotatable bonds is 3. The lowest BCUT2D eigenvalue weighted by Gasteiger charge is -2.21. The Bertz CT molecular complexity index is 713. The van der Waals surface area contributed by atoms with E-state index in [1.165, 1.54) is 0 Å². The highest BCUT2D eigenvalue weighted by Crippen LogP contribution is 2.40. The highest BCUT2D eigenvalue weighted by Gasteiger charge is 2.36. The summed E-state index contributed by atoms with van der Waals surface area (Å²) >= 11 is 3.35. The van der Waals surface area contributed by atoms with Gasteiger partial charge in [-0.25, -0.2) is 0 Å². The third kappa shape index (κ3) is 2.54. The number of hydrogen-bond donors (Lipinski definition) is 0. The van der Waals surface area contributed by atoms with Crippen LogP contribution in [-0.2, 0) is 0 Å². The molecule has 22 heavy (non-hydrogen) atoms. The summed E-state index contributed by atoms with van der Waals surface area (Å²) in [4.78, 5) is 23.1. The Morgan fingerprint density at radius 1 is 1.32 bits per heavy atom. The van der Waals surface area contributed by atoms with Gasteiger partial charge in [0.15, 0.2) is 5.82 Å². The smallest absolute Gasteiger partial charge is 0.256 e. The number of nitrogens with zero attached hydrogens (tertiary/aromatic N) is 4. The molecule has 2 aromatic rings. The summed E-state index contributed by atoms with van der Waals surface area (Å²) in [5.41, 5.74) is 0.572. The van der Waals surface area contributed by atoms with E-state index in [9.17, 15) is 4.79 Å². The summed E-state index contributed by atoms with van der Waals surface area (Å²) in [6.45, 7) is 0.706. The zero-order valence-corrected chi connectivity index (χ0v) is 13.5. The van der Waals surface area contributed by atoms with E-state index < -0.39 is 0 Å². The topological polar surface area (TPSA) is 72.1 Å². The standard InChI is InChI=1S/C15H15BrN4O2/c16-11-6-10(7-17-8-11)15(21)20-5-1-2-12(20)14-18-13(19-22-14)9-3-4-9/h6-9,12H,1-5H2. The van der Waals surface area contributed by atoms with E-state index >= 15 is 0 Å². The summed E-state index contributed by atoms with van der Waals surface area (Å²) in [7, 11) is 0. The predicted octanol–water partition coefficient (Wildman–Crippen LogP) is 3.08. The van der Waals surface area contributed by atoms with Crippen molar-refractivity contribution in [1.29, 1.82) is 0 Å². The van der Waals surface area contributed by atoms with Crippen molar-refractivity contribution in [3.8, 4) is 0 Å². The first kappa shape index (κ1) is 13.9. The van der Waals surface area contributed by atoms with E-state index in [4.69, 9.17) is 4.52 Å². The van der Waals surface area contributed by atoms with Crippen LogP contribution in [0.4, 0.5) is 0 Å². The fourth-order valence-electron chi connectivity index (χ4n) is 2.85. The Labute approximate surface area is 136 Å². The molecule has 4 rings (SSSR count). The van der Waals surface area contributed by atoms with Crippen LogP contribution in [0.25, 0.3) is 0 Å². The Balaban J connectivity index is 1.58. The molecule has 1 atom stereocenters. The maximum Gasteiger partial charge on any atom is 0.256 e. The van der Waals surface area contributed by atoms with Crippen molar-refractivity contribution in [2.45, 2.75) is 37.6 Å². The van der Waals surface area contributed by atoms with Crippen LogP contribution >= 0.6 is 15.9 Å². The molecule has 0 N–H and O–H groups in total. The van der Waals surface area contributed by atoms with E-state index in [2.05, 4.69) is 31.1 Å². The normalized spacial score (nSPS) is 21.3. The molecule has 6 nitrogen and oxygen atoms in total. The summed E-state index contributed by atoms with van der Waals surface area (Å²) in [5.74, 6) is 1.77. The van der Waals surface area contributed by atoms with Crippen molar-refractivity contribution in [3.05, 3.63) is 40.2 Å². The molecule has 3 heterocycles. The minimum Gasteiger partial charge on any atom is -0.337 e. The highest BCUT2D eigenvalue weighted by atomic mass is 79.9. The zero-order chi connectivity index (χ0) is 15.1. The van der Waals surface area contributed by atoms with Crippen molar-refractivity contribution in [2.24, 2.45) is 0 Å². The fraction of sp³-hybridized carbons (Fsp3) is 0.467. The Kier molecular flexibility index (Phi) is 3.44. The van der Waals surface area contributed by atoms with Crippen LogP contribution in [0.1, 0.15) is 59.7 Å². The van der Waals surface area contributed by atoms with Gasteiger partial charge in [0.05, 0.1) is 5.56 Å². The molecule has 0 spiro atoms. The number of hydrogen-bond acceptors (Lipinski definition) is 5. The lowest BCUT2D eigenvalue weighted by Crippen LogP contribution is -2.30. The monoisotopic (exact) mass is 362 g/mol. The number of amides is 1. The summed E-state index contributed by atoms with van der Waals surface area (Å²) in [5, 5.41) is 4.06. The first-order chi connectivity index (χ1) is 10.7. The van der Waals surface area contributed by atoms with Crippen LogP contribution in [0.5, 0.6) is 0 Å². The molecular formula is C15H15BrN4O2. The molecule has 0 aromatic carbocycles. The summed E-state index contributed by atoms with van der Waals surface area (Å²) in [6.07, 6.45) is 7.33. The van der Waals surface area contributed by atoms with Gasteiger partial charge in [0.1, 0.15) is 6.04 Å². The third-order valence-electron chi connectivity index (χ3n) is 4.15. The molecule has 1 saturated heterocycles. The Morgan fingerprint density at radius 3 is 2.95 bits per heavy atom. The first-order valence-electron chi connectivity index (χ1n) is 7.47. The Morgan fingerprint density at radius 2 is 2.18 bits per heavy atom. The van der Waals surface area contributed by atoms with Crippen LogP contribution in [0, 0.1) is 0 Å². The molecule has 2 fully saturated rings. The number of carbonyl (C=O) groups excluding carboxylic acids is 1. The van der Waals surface area contributed by atoms with Gasteiger partial charge < -0.3 is 9.42 Å². The van der Waals surface area contributed by atoms with Gasteiger partial charge >= 0.3 is 0 Å². The maximum atomic E-state index is 12.7. The minimum atomic E-state index is -0.119. The van der Waals surface area contributed by atoms with Gasteiger partial charge in [-0.1, -0.05) is 5.16 Å². The second-order valence-electron chi connectivity index (χ2n) is 5.81. The number of halogens is 1. The molecule has 114 valence electrons. The quantitative estimate of drug-likeness (QED) is 0.838. The molecule has 7 heteroatoms. The van der Waals surface area contributed by atoms with Gasteiger partial charge in [0.2, 0.25) is 5.89 Å². The fourth-order valence-corrected chi connectivity index (χ4v) is 3.22. The van der Waals surface area contributed by atoms with Crippen LogP contribution in [0.2, 0.25) is 0 Å². The molecule has 1 saturated carbocycles. The summed E-state index contributed by atoms with van der Waals surface area (Å²) < 4.78 is 6.20. The molecule has 1 unspecified atom stereocenters. The molecular weight excluding hydrogens is 348 g/mol. The number of aromatic nitrogens is 3. The summed E-state index contributed by atoms with van der Waals surface area (Å²) in [6, 6.07) is 1.67. The minimum absolute atomic E-state index is 0.0394. The van der Waals surface area contributed by atoms with Gasteiger partial charge in [-0.3, -0.25) is 9.78 Å². The molecule has 2 aliphatic rings. The second-order valence-corrected chi connectivity index (χ2v) is 6.73. The maximum absolute atomic E-state index is 12.7. The SMILES string of the molecule is O=C(c1cncc(Br)c1)N1CCCC1c1nc(C2CC2)no1. The Hall–Kier alpha value is -1.76. The van der Waals surface area contributed by atoms with Crippen LogP contribution in [-0.4, -0.2) is 32.5 Å². The van der Waals surface area contributed by atoms with Gasteiger partial charge in [0, 0.05) is 29.3 Å². The van der Waals surface area contributed by atoms with Gasteiger partial charge in [-0.05, 0) is 47.7 Å². The van der Waals surface area contributed by atoms with Gasteiger partial charge in [-0.2, -0.15) is 4.98 Å². The average Bonchev–Trinajstić information content (AvgIpc) is 3.07. The lowest BCUT2D eigenvalue weighted by molar-refractivity contribution is 0.0709. The van der Waals surface area contributed by atoms with Crippen LogP contribution < -0.4 is 0 Å². The molecule has 0 radical (unpaired) electrons. The lowest BCUT2D eigenvalue weighted by atomic mass is 10.2. The average molecular weight is 363 g/mol. The van der Waals surface area contributed by atoms with Crippen LogP contribution in [0.15, 0.2) is 27.5 Å². The first-order valence-corrected chi connectivity index (χ1v) is 8.26. The number of likely N-dealkylation sites (tertiary alicyclic amines) is 1. The third-order valence-corrected chi connectivity index (χ3v) is 4.58. The van der Waals surface area contributed by atoms with Crippen molar-refractivity contribution in [1.82, 2.24) is 20.0 Å². The number of carbonyl (C=O) groups is 1. The molecule has 1 aliphatic heterocycles. The van der Waals surface area contributed by atoms with Crippen LogP contribution in [0.3, 0.4) is 0 Å². The largest absolute Gasteiger partial charge is 0.337 e. The van der Waals surface area contributed by atoms with E-state index in [1.807, 2.05) is 4.90 Å².